The third-order valence-electron chi connectivity index (χ3n) is 15.4. The lowest BCUT2D eigenvalue weighted by Gasteiger charge is -2.29. The van der Waals surface area contributed by atoms with Gasteiger partial charge >= 0.3 is 0 Å². The third-order valence-corrected chi connectivity index (χ3v) is 15.4. The van der Waals surface area contributed by atoms with Crippen LogP contribution in [0.15, 0.2) is 94.5 Å². The molecule has 2 amide bonds. The van der Waals surface area contributed by atoms with Crippen LogP contribution in [0.4, 0.5) is 11.4 Å². The number of aliphatic hydroxyl groups excluding tert-OH is 1. The monoisotopic (exact) mass is 1030 g/mol. The fourth-order valence-electron chi connectivity index (χ4n) is 11.0. The second-order valence-electron chi connectivity index (χ2n) is 21.5. The Balaban J connectivity index is 0.000000222. The number of anilines is 2. The smallest absolute Gasteiger partial charge is 0.253 e. The fraction of sp³-hybridized carbons (Fsp3) is 0.429. The van der Waals surface area contributed by atoms with Crippen molar-refractivity contribution < 1.29 is 14.7 Å². The van der Waals surface area contributed by atoms with Crippen molar-refractivity contribution in [1.29, 1.82) is 0 Å². The molecule has 2 aromatic heterocycles. The first-order chi connectivity index (χ1) is 36.4. The normalized spacial score (nSPS) is 13.8. The molecule has 0 saturated heterocycles. The summed E-state index contributed by atoms with van der Waals surface area (Å²) in [6.07, 6.45) is 9.57. The summed E-state index contributed by atoms with van der Waals surface area (Å²) >= 11 is 0. The van der Waals surface area contributed by atoms with Crippen LogP contribution < -0.4 is 32.0 Å². The van der Waals surface area contributed by atoms with Gasteiger partial charge in [-0.05, 0) is 180 Å². The van der Waals surface area contributed by atoms with Crippen molar-refractivity contribution in [3.05, 3.63) is 173 Å². The maximum Gasteiger partial charge on any atom is 0.253 e. The Labute approximate surface area is 450 Å². The molecule has 0 aliphatic heterocycles. The minimum absolute atomic E-state index is 0.148. The number of carbonyl (C=O) groups is 2. The number of benzene rings is 4. The number of aromatic nitrogens is 2. The van der Waals surface area contributed by atoms with E-state index in [2.05, 4.69) is 129 Å². The van der Waals surface area contributed by atoms with Crippen LogP contribution >= 0.6 is 0 Å². The molecule has 2 aliphatic carbocycles. The van der Waals surface area contributed by atoms with Gasteiger partial charge in [-0.3, -0.25) is 24.1 Å². The van der Waals surface area contributed by atoms with E-state index in [0.29, 0.717) is 40.9 Å². The number of hydrogen-bond acceptors (Lipinski definition) is 9. The van der Waals surface area contributed by atoms with Crippen LogP contribution in [0.2, 0.25) is 0 Å². The van der Waals surface area contributed by atoms with Gasteiger partial charge in [-0.25, -0.2) is 0 Å². The number of H-pyrrole nitrogens is 2. The Morgan fingerprint density at radius 1 is 0.605 bits per heavy atom. The molecule has 13 heteroatoms. The van der Waals surface area contributed by atoms with Crippen molar-refractivity contribution in [2.45, 2.75) is 138 Å². The Morgan fingerprint density at radius 2 is 1.08 bits per heavy atom. The topological polar surface area (TPSA) is 166 Å². The zero-order valence-corrected chi connectivity index (χ0v) is 46.8. The summed E-state index contributed by atoms with van der Waals surface area (Å²) in [6, 6.07) is 30.1. The number of nitrogens with zero attached hydrogens (tertiary/aromatic N) is 3. The van der Waals surface area contributed by atoms with E-state index in [1.165, 1.54) is 36.8 Å². The van der Waals surface area contributed by atoms with Crippen LogP contribution in [0.25, 0.3) is 22.3 Å². The predicted octanol–water partition coefficient (Wildman–Crippen LogP) is 10.4. The Bertz CT molecular complexity index is 3070. The van der Waals surface area contributed by atoms with Gasteiger partial charge in [0.05, 0.1) is 6.61 Å². The summed E-state index contributed by atoms with van der Waals surface area (Å²) in [7, 11) is 6.26. The van der Waals surface area contributed by atoms with Gasteiger partial charge in [0.15, 0.2) is 0 Å². The second kappa shape index (κ2) is 26.3. The highest BCUT2D eigenvalue weighted by Crippen LogP contribution is 2.36. The lowest BCUT2D eigenvalue weighted by molar-refractivity contribution is 0.0942. The molecule has 0 unspecified atom stereocenters. The third kappa shape index (κ3) is 14.6. The Kier molecular flexibility index (Phi) is 19.7. The molecule has 2 saturated carbocycles. The molecule has 6 N–H and O–H groups in total. The van der Waals surface area contributed by atoms with E-state index < -0.39 is 0 Å². The Morgan fingerprint density at radius 3 is 1.55 bits per heavy atom. The second-order valence-corrected chi connectivity index (χ2v) is 21.5. The van der Waals surface area contributed by atoms with Crippen molar-refractivity contribution in [2.75, 3.05) is 51.1 Å². The summed E-state index contributed by atoms with van der Waals surface area (Å²) in [5, 5.41) is 19.0. The van der Waals surface area contributed by atoms with E-state index in [4.69, 9.17) is 0 Å². The number of hydrogen-bond donors (Lipinski definition) is 6. The highest BCUT2D eigenvalue weighted by molar-refractivity contribution is 5.99. The number of aliphatic hydroxyl groups is 1. The lowest BCUT2D eigenvalue weighted by Crippen LogP contribution is -2.31. The van der Waals surface area contributed by atoms with Crippen LogP contribution in [-0.2, 0) is 26.2 Å². The van der Waals surface area contributed by atoms with Crippen molar-refractivity contribution in [3.8, 4) is 22.3 Å². The maximum absolute atomic E-state index is 13.6. The summed E-state index contributed by atoms with van der Waals surface area (Å²) in [5.74, 6) is -0.355. The number of amides is 2. The first kappa shape index (κ1) is 56.9. The molecule has 2 aliphatic rings. The Hall–Kier alpha value is -6.80. The molecule has 4 aromatic carbocycles. The van der Waals surface area contributed by atoms with E-state index in [-0.39, 0.29) is 42.6 Å². The van der Waals surface area contributed by atoms with Crippen molar-refractivity contribution in [3.63, 3.8) is 0 Å². The molecule has 8 rings (SSSR count). The van der Waals surface area contributed by atoms with Gasteiger partial charge in [-0.1, -0.05) is 81.1 Å². The van der Waals surface area contributed by atoms with E-state index >= 15 is 0 Å². The van der Waals surface area contributed by atoms with Gasteiger partial charge in [-0.2, -0.15) is 0 Å². The predicted molar refractivity (Wildman–Crippen MR) is 311 cm³/mol. The summed E-state index contributed by atoms with van der Waals surface area (Å²) < 4.78 is 0. The summed E-state index contributed by atoms with van der Waals surface area (Å²) in [5.41, 5.74) is 16.0. The van der Waals surface area contributed by atoms with Gasteiger partial charge in [0.1, 0.15) is 0 Å². The molecule has 0 spiro atoms. The molecule has 0 atom stereocenters. The minimum atomic E-state index is -0.181. The highest BCUT2D eigenvalue weighted by Gasteiger charge is 2.25. The molecule has 6 aromatic rings. The van der Waals surface area contributed by atoms with Crippen LogP contribution in [-0.4, -0.2) is 89.6 Å². The zero-order valence-electron chi connectivity index (χ0n) is 46.8. The summed E-state index contributed by atoms with van der Waals surface area (Å²) in [4.78, 5) is 64.4. The standard InChI is InChI=1S/C33H44N4O3.C30H38N4O2/c1-6-37(15-16-38)21-25-11-13-26(14-12-25)27-18-29(24(4)31(19-27)36(5)28-9-7-8-10-28)32(39)34-20-30-22(2)17-23(3)35-33(30)40;1-19-14-20(2)32-30(36)27(19)17-31-29(35)26-15-24(23-12-10-22(11-13-23)18-34(4)5)16-28(21(26)3)33-25-8-6-7-9-25/h11-14,17-19,28,38H,6-10,15-16,20-21H2,1-5H3,(H,34,39)(H,35,40);10-16,25,33H,6-9,17-18H2,1-5H3,(H,31,35)(H,32,36). The first-order valence-electron chi connectivity index (χ1n) is 27.3. The summed E-state index contributed by atoms with van der Waals surface area (Å²) in [6.45, 7) is 17.3. The van der Waals surface area contributed by atoms with E-state index in [1.807, 2.05) is 65.8 Å². The average Bonchev–Trinajstić information content (AvgIpc) is 4.13. The van der Waals surface area contributed by atoms with Crippen molar-refractivity contribution >= 4 is 23.2 Å². The lowest BCUT2D eigenvalue weighted by atomic mass is 9.95. The average molecular weight is 1030 g/mol. The SMILES string of the molecule is CCN(CCO)Cc1ccc(-c2cc(C(=O)NCc3c(C)cc(C)[nH]c3=O)c(C)c(N(C)C3CCCC3)c2)cc1.Cc1cc(C)c(CNC(=O)c2cc(-c3ccc(CN(C)C)cc3)cc(NC3CCCC3)c2C)c(=O)[nH]1. The van der Waals surface area contributed by atoms with Crippen LogP contribution in [0.3, 0.4) is 0 Å². The molecule has 2 heterocycles. The van der Waals surface area contributed by atoms with Gasteiger partial charge < -0.3 is 40.8 Å². The molecule has 404 valence electrons. The number of carbonyl (C=O) groups excluding carboxylic acids is 2. The number of likely N-dealkylation sites (N-methyl/N-ethyl adjacent to an activating group) is 1. The molecule has 0 bridgehead atoms. The first-order valence-corrected chi connectivity index (χ1v) is 27.3. The number of nitrogens with one attached hydrogen (secondary N) is 5. The molecule has 2 fully saturated rings. The van der Waals surface area contributed by atoms with E-state index in [0.717, 1.165) is 113 Å². The number of rotatable bonds is 19. The van der Waals surface area contributed by atoms with E-state index in [1.54, 1.807) is 0 Å². The van der Waals surface area contributed by atoms with Gasteiger partial charge in [0, 0.05) is 96.9 Å². The van der Waals surface area contributed by atoms with Gasteiger partial charge in [0.2, 0.25) is 0 Å². The fourth-order valence-corrected chi connectivity index (χ4v) is 11.0. The van der Waals surface area contributed by atoms with Crippen LogP contribution in [0.1, 0.15) is 135 Å². The highest BCUT2D eigenvalue weighted by atomic mass is 16.3. The van der Waals surface area contributed by atoms with E-state index in [9.17, 15) is 24.3 Å². The number of pyridine rings is 2. The maximum atomic E-state index is 13.6. The number of aromatic amines is 2. The quantitative estimate of drug-likeness (QED) is 0.0463. The molecule has 76 heavy (non-hydrogen) atoms. The zero-order chi connectivity index (χ0) is 54.6. The van der Waals surface area contributed by atoms with Gasteiger partial charge in [0.25, 0.3) is 22.9 Å². The van der Waals surface area contributed by atoms with Crippen LogP contribution in [0, 0.1) is 41.5 Å². The molecule has 13 nitrogen and oxygen atoms in total. The van der Waals surface area contributed by atoms with Crippen molar-refractivity contribution in [2.24, 2.45) is 0 Å². The minimum Gasteiger partial charge on any atom is -0.395 e. The van der Waals surface area contributed by atoms with Crippen LogP contribution in [0.5, 0.6) is 0 Å². The van der Waals surface area contributed by atoms with Crippen molar-refractivity contribution in [1.82, 2.24) is 30.4 Å². The molecular weight excluding hydrogens is 949 g/mol. The molecule has 0 radical (unpaired) electrons. The largest absolute Gasteiger partial charge is 0.395 e. The molecular formula is C63H82N8O5. The van der Waals surface area contributed by atoms with Gasteiger partial charge in [-0.15, -0.1) is 0 Å². The number of aryl methyl sites for hydroxylation is 4.